The number of carbonyl (C=O) groups is 1. The highest BCUT2D eigenvalue weighted by Crippen LogP contribution is 2.13. The van der Waals surface area contributed by atoms with E-state index in [-0.39, 0.29) is 5.91 Å². The van der Waals surface area contributed by atoms with E-state index in [1.807, 2.05) is 24.3 Å². The number of nitrogens with zero attached hydrogens (tertiary/aromatic N) is 1. The summed E-state index contributed by atoms with van der Waals surface area (Å²) in [6, 6.07) is 11.4. The van der Waals surface area contributed by atoms with Crippen molar-refractivity contribution in [1.29, 1.82) is 0 Å². The molecule has 2 rings (SSSR count). The molecule has 2 N–H and O–H groups in total. The maximum Gasteiger partial charge on any atom is 0.255 e. The van der Waals surface area contributed by atoms with Crippen LogP contribution in [0.1, 0.15) is 29.3 Å². The fraction of sp³-hybridized carbons (Fsp3) is 0.250. The minimum absolute atomic E-state index is 0.132. The summed E-state index contributed by atoms with van der Waals surface area (Å²) >= 11 is 0. The van der Waals surface area contributed by atoms with Crippen molar-refractivity contribution in [3.8, 4) is 0 Å². The molecule has 1 aromatic carbocycles. The fourth-order valence-electron chi connectivity index (χ4n) is 1.96. The molecule has 0 aliphatic rings. The largest absolute Gasteiger partial charge is 0.373 e. The van der Waals surface area contributed by atoms with Crippen LogP contribution >= 0.6 is 0 Å². The lowest BCUT2D eigenvalue weighted by atomic mass is 10.1. The molecule has 0 saturated heterocycles. The number of nitrogens with one attached hydrogen (secondary N) is 2. The van der Waals surface area contributed by atoms with Gasteiger partial charge in [-0.2, -0.15) is 0 Å². The lowest BCUT2D eigenvalue weighted by Gasteiger charge is -2.07. The van der Waals surface area contributed by atoms with E-state index >= 15 is 0 Å². The molecule has 0 unspecified atom stereocenters. The van der Waals surface area contributed by atoms with Gasteiger partial charge in [0.2, 0.25) is 0 Å². The van der Waals surface area contributed by atoms with Crippen molar-refractivity contribution in [2.45, 2.75) is 19.8 Å². The van der Waals surface area contributed by atoms with Gasteiger partial charge in [-0.3, -0.25) is 4.79 Å². The number of amides is 1. The van der Waals surface area contributed by atoms with Crippen molar-refractivity contribution in [3.05, 3.63) is 53.7 Å². The molecule has 104 valence electrons. The minimum Gasteiger partial charge on any atom is -0.373 e. The van der Waals surface area contributed by atoms with Gasteiger partial charge in [0.15, 0.2) is 0 Å². The molecule has 4 nitrogen and oxygen atoms in total. The fourth-order valence-corrected chi connectivity index (χ4v) is 1.96. The average molecular weight is 269 g/mol. The van der Waals surface area contributed by atoms with Gasteiger partial charge in [-0.15, -0.1) is 0 Å². The molecule has 0 fully saturated rings. The second-order valence-electron chi connectivity index (χ2n) is 4.58. The van der Waals surface area contributed by atoms with Crippen LogP contribution in [0.3, 0.4) is 0 Å². The number of hydrogen-bond acceptors (Lipinski definition) is 3. The van der Waals surface area contributed by atoms with E-state index in [1.54, 1.807) is 25.4 Å². The highest BCUT2D eigenvalue weighted by atomic mass is 16.1. The van der Waals surface area contributed by atoms with E-state index in [2.05, 4.69) is 22.5 Å². The van der Waals surface area contributed by atoms with E-state index in [0.717, 1.165) is 18.5 Å². The number of aromatic nitrogens is 1. The predicted octanol–water partition coefficient (Wildman–Crippen LogP) is 3.33. The summed E-state index contributed by atoms with van der Waals surface area (Å²) in [4.78, 5) is 16.2. The molecule has 1 amide bonds. The van der Waals surface area contributed by atoms with Gasteiger partial charge >= 0.3 is 0 Å². The molecular formula is C16H19N3O. The van der Waals surface area contributed by atoms with Crippen LogP contribution in [0.15, 0.2) is 42.6 Å². The van der Waals surface area contributed by atoms with Crippen LogP contribution in [-0.4, -0.2) is 17.9 Å². The molecule has 0 radical (unpaired) electrons. The van der Waals surface area contributed by atoms with Crippen LogP contribution < -0.4 is 10.6 Å². The summed E-state index contributed by atoms with van der Waals surface area (Å²) in [5.74, 6) is 0.545. The predicted molar refractivity (Wildman–Crippen MR) is 82.2 cm³/mol. The monoisotopic (exact) mass is 269 g/mol. The zero-order chi connectivity index (χ0) is 14.4. The first kappa shape index (κ1) is 14.1. The summed E-state index contributed by atoms with van der Waals surface area (Å²) in [6.45, 7) is 2.15. The number of anilines is 2. The third-order valence-electron chi connectivity index (χ3n) is 3.03. The number of aryl methyl sites for hydroxylation is 1. The third kappa shape index (κ3) is 3.57. The Balaban J connectivity index is 2.06. The minimum atomic E-state index is -0.132. The van der Waals surface area contributed by atoms with Crippen molar-refractivity contribution in [2.24, 2.45) is 0 Å². The highest BCUT2D eigenvalue weighted by molar-refractivity contribution is 6.04. The molecule has 4 heteroatoms. The summed E-state index contributed by atoms with van der Waals surface area (Å²) in [6.07, 6.45) is 3.80. The first-order chi connectivity index (χ1) is 9.72. The smallest absolute Gasteiger partial charge is 0.255 e. The lowest BCUT2D eigenvalue weighted by Crippen LogP contribution is -2.12. The van der Waals surface area contributed by atoms with E-state index in [9.17, 15) is 4.79 Å². The number of carbonyl (C=O) groups excluding carboxylic acids is 1. The Hall–Kier alpha value is -2.36. The van der Waals surface area contributed by atoms with Crippen LogP contribution in [0.4, 0.5) is 11.5 Å². The number of hydrogen-bond donors (Lipinski definition) is 2. The Kier molecular flexibility index (Phi) is 4.71. The van der Waals surface area contributed by atoms with Gasteiger partial charge in [0.25, 0.3) is 5.91 Å². The topological polar surface area (TPSA) is 54.0 Å². The molecule has 1 heterocycles. The van der Waals surface area contributed by atoms with Crippen LogP contribution in [0, 0.1) is 0 Å². The summed E-state index contributed by atoms with van der Waals surface area (Å²) < 4.78 is 0. The van der Waals surface area contributed by atoms with Crippen LogP contribution in [0.2, 0.25) is 0 Å². The van der Waals surface area contributed by atoms with Gasteiger partial charge in [-0.05, 0) is 36.2 Å². The normalized spacial score (nSPS) is 10.1. The van der Waals surface area contributed by atoms with Crippen molar-refractivity contribution in [3.63, 3.8) is 0 Å². The second-order valence-corrected chi connectivity index (χ2v) is 4.58. The molecule has 20 heavy (non-hydrogen) atoms. The van der Waals surface area contributed by atoms with Gasteiger partial charge in [0.1, 0.15) is 5.82 Å². The SMILES string of the molecule is CCCc1ccc(NC(=O)c2ccnc(NC)c2)cc1. The molecule has 0 aliphatic carbocycles. The number of benzene rings is 1. The van der Waals surface area contributed by atoms with Gasteiger partial charge in [0, 0.05) is 24.5 Å². The van der Waals surface area contributed by atoms with Crippen LogP contribution in [0.25, 0.3) is 0 Å². The van der Waals surface area contributed by atoms with Crippen LogP contribution in [0.5, 0.6) is 0 Å². The highest BCUT2D eigenvalue weighted by Gasteiger charge is 2.07. The van der Waals surface area contributed by atoms with Crippen molar-refractivity contribution in [1.82, 2.24) is 4.98 Å². The Bertz CT molecular complexity index is 579. The Morgan fingerprint density at radius 1 is 1.20 bits per heavy atom. The number of pyridine rings is 1. The Labute approximate surface area is 119 Å². The van der Waals surface area contributed by atoms with Crippen molar-refractivity contribution >= 4 is 17.4 Å². The average Bonchev–Trinajstić information content (AvgIpc) is 2.49. The lowest BCUT2D eigenvalue weighted by molar-refractivity contribution is 0.102. The van der Waals surface area contributed by atoms with Gasteiger partial charge in [-0.1, -0.05) is 25.5 Å². The second kappa shape index (κ2) is 6.70. The molecule has 0 atom stereocenters. The Morgan fingerprint density at radius 2 is 1.95 bits per heavy atom. The molecule has 0 bridgehead atoms. The Morgan fingerprint density at radius 3 is 2.60 bits per heavy atom. The molecular weight excluding hydrogens is 250 g/mol. The van der Waals surface area contributed by atoms with E-state index in [0.29, 0.717) is 11.4 Å². The zero-order valence-electron chi connectivity index (χ0n) is 11.8. The van der Waals surface area contributed by atoms with Crippen molar-refractivity contribution < 1.29 is 4.79 Å². The standard InChI is InChI=1S/C16H19N3O/c1-3-4-12-5-7-14(8-6-12)19-16(20)13-9-10-18-15(11-13)17-2/h5-11H,3-4H2,1-2H3,(H,17,18)(H,19,20). The van der Waals surface area contributed by atoms with Gasteiger partial charge < -0.3 is 10.6 Å². The molecule has 0 aliphatic heterocycles. The first-order valence-electron chi connectivity index (χ1n) is 6.77. The summed E-state index contributed by atoms with van der Waals surface area (Å²) in [5.41, 5.74) is 2.67. The summed E-state index contributed by atoms with van der Waals surface area (Å²) in [7, 11) is 1.77. The molecule has 0 saturated carbocycles. The molecule has 1 aromatic heterocycles. The molecule has 2 aromatic rings. The summed E-state index contributed by atoms with van der Waals surface area (Å²) in [5, 5.41) is 5.80. The van der Waals surface area contributed by atoms with Crippen LogP contribution in [-0.2, 0) is 6.42 Å². The van der Waals surface area contributed by atoms with E-state index < -0.39 is 0 Å². The quantitative estimate of drug-likeness (QED) is 0.875. The zero-order valence-corrected chi connectivity index (χ0v) is 11.8. The van der Waals surface area contributed by atoms with Gasteiger partial charge in [-0.25, -0.2) is 4.98 Å². The molecule has 0 spiro atoms. The first-order valence-corrected chi connectivity index (χ1v) is 6.77. The van der Waals surface area contributed by atoms with E-state index in [1.165, 1.54) is 5.56 Å². The van der Waals surface area contributed by atoms with Crippen molar-refractivity contribution in [2.75, 3.05) is 17.7 Å². The van der Waals surface area contributed by atoms with Gasteiger partial charge in [0.05, 0.1) is 0 Å². The maximum absolute atomic E-state index is 12.1. The number of rotatable bonds is 5. The third-order valence-corrected chi connectivity index (χ3v) is 3.03. The maximum atomic E-state index is 12.1. The van der Waals surface area contributed by atoms with E-state index in [4.69, 9.17) is 0 Å².